The van der Waals surface area contributed by atoms with Gasteiger partial charge in [0, 0.05) is 6.54 Å². The summed E-state index contributed by atoms with van der Waals surface area (Å²) in [6.07, 6.45) is 0.750. The van der Waals surface area contributed by atoms with Crippen LogP contribution >= 0.6 is 0 Å². The molecule has 0 aliphatic carbocycles. The van der Waals surface area contributed by atoms with E-state index in [1.807, 2.05) is 35.9 Å². The molecule has 2 aliphatic heterocycles. The van der Waals surface area contributed by atoms with Crippen LogP contribution in [0.25, 0.3) is 0 Å². The predicted molar refractivity (Wildman–Crippen MR) is 97.9 cm³/mol. The first-order valence-electron chi connectivity index (χ1n) is 9.04. The number of quaternary nitrogens is 1. The normalized spacial score (nSPS) is 18.3. The molecule has 140 valence electrons. The molecule has 4 rings (SSSR count). The van der Waals surface area contributed by atoms with Crippen LogP contribution in [0.5, 0.6) is 0 Å². The maximum Gasteiger partial charge on any atom is 0.268 e. The fraction of sp³-hybridized carbons (Fsp3) is 0.500. The van der Waals surface area contributed by atoms with Crippen LogP contribution in [0.15, 0.2) is 29.2 Å². The topological polar surface area (TPSA) is 68.9 Å². The monoisotopic (exact) mass is 377 g/mol. The first kappa shape index (κ1) is 17.5. The predicted octanol–water partition coefficient (Wildman–Crippen LogP) is 0.124. The molecular weight excluding hydrogens is 352 g/mol. The Kier molecular flexibility index (Phi) is 4.50. The highest BCUT2D eigenvalue weighted by atomic mass is 32.2. The molecule has 1 saturated heterocycles. The van der Waals surface area contributed by atoms with Crippen molar-refractivity contribution in [2.75, 3.05) is 37.2 Å². The van der Waals surface area contributed by atoms with Crippen LogP contribution < -0.4 is 9.21 Å². The van der Waals surface area contributed by atoms with Gasteiger partial charge < -0.3 is 9.64 Å². The highest BCUT2D eigenvalue weighted by molar-refractivity contribution is 7.93. The SMILES string of the molecule is Cc1nn(C[NH+]2CCOCC2)c(C)c1S(=O)(=O)N1CCc2ccccc21. The summed E-state index contributed by atoms with van der Waals surface area (Å²) in [7, 11) is -3.62. The van der Waals surface area contributed by atoms with Crippen LogP contribution in [0.4, 0.5) is 5.69 Å². The van der Waals surface area contributed by atoms with E-state index in [2.05, 4.69) is 5.10 Å². The molecule has 0 atom stereocenters. The zero-order valence-corrected chi connectivity index (χ0v) is 16.1. The zero-order chi connectivity index (χ0) is 18.3. The van der Waals surface area contributed by atoms with Gasteiger partial charge in [0.15, 0.2) is 6.67 Å². The quantitative estimate of drug-likeness (QED) is 0.822. The van der Waals surface area contributed by atoms with Gasteiger partial charge in [-0.15, -0.1) is 0 Å². The van der Waals surface area contributed by atoms with Crippen molar-refractivity contribution in [3.8, 4) is 0 Å². The molecule has 3 heterocycles. The molecule has 0 bridgehead atoms. The minimum absolute atomic E-state index is 0.349. The highest BCUT2D eigenvalue weighted by Crippen LogP contribution is 2.34. The second-order valence-corrected chi connectivity index (χ2v) is 8.78. The number of sulfonamides is 1. The third kappa shape index (κ3) is 2.91. The Hall–Kier alpha value is -1.90. The average molecular weight is 377 g/mol. The molecule has 1 N–H and O–H groups in total. The van der Waals surface area contributed by atoms with E-state index < -0.39 is 10.0 Å². The van der Waals surface area contributed by atoms with Gasteiger partial charge in [-0.3, -0.25) is 4.31 Å². The fourth-order valence-corrected chi connectivity index (χ4v) is 5.79. The molecule has 0 spiro atoms. The number of anilines is 1. The molecule has 0 unspecified atom stereocenters. The first-order chi connectivity index (χ1) is 12.5. The lowest BCUT2D eigenvalue weighted by Crippen LogP contribution is -3.13. The van der Waals surface area contributed by atoms with Crippen molar-refractivity contribution >= 4 is 15.7 Å². The minimum atomic E-state index is -3.62. The number of rotatable bonds is 4. The molecule has 7 nitrogen and oxygen atoms in total. The lowest BCUT2D eigenvalue weighted by molar-refractivity contribution is -0.930. The summed E-state index contributed by atoms with van der Waals surface area (Å²) in [5.41, 5.74) is 3.15. The minimum Gasteiger partial charge on any atom is -0.370 e. The van der Waals surface area contributed by atoms with Crippen molar-refractivity contribution in [1.82, 2.24) is 9.78 Å². The Balaban J connectivity index is 1.67. The largest absolute Gasteiger partial charge is 0.370 e. The molecule has 1 fully saturated rings. The fourth-order valence-electron chi connectivity index (χ4n) is 3.91. The van der Waals surface area contributed by atoms with Gasteiger partial charge in [-0.05, 0) is 31.9 Å². The van der Waals surface area contributed by atoms with Gasteiger partial charge in [-0.25, -0.2) is 13.1 Å². The Morgan fingerprint density at radius 3 is 2.69 bits per heavy atom. The maximum absolute atomic E-state index is 13.4. The van der Waals surface area contributed by atoms with Crippen molar-refractivity contribution < 1.29 is 18.1 Å². The summed E-state index contributed by atoms with van der Waals surface area (Å²) in [4.78, 5) is 1.71. The summed E-state index contributed by atoms with van der Waals surface area (Å²) in [5.74, 6) is 0. The number of nitrogens with one attached hydrogen (secondary N) is 1. The van der Waals surface area contributed by atoms with Gasteiger partial charge >= 0.3 is 0 Å². The van der Waals surface area contributed by atoms with E-state index in [-0.39, 0.29) is 0 Å². The van der Waals surface area contributed by atoms with E-state index >= 15 is 0 Å². The van der Waals surface area contributed by atoms with Crippen LogP contribution in [-0.4, -0.2) is 51.0 Å². The Morgan fingerprint density at radius 1 is 1.19 bits per heavy atom. The van der Waals surface area contributed by atoms with Gasteiger partial charge in [0.25, 0.3) is 10.0 Å². The second kappa shape index (κ2) is 6.68. The lowest BCUT2D eigenvalue weighted by Gasteiger charge is -2.24. The van der Waals surface area contributed by atoms with Crippen LogP contribution in [-0.2, 0) is 27.8 Å². The molecule has 8 heteroatoms. The number of hydrogen-bond acceptors (Lipinski definition) is 4. The summed E-state index contributed by atoms with van der Waals surface area (Å²) < 4.78 is 35.6. The highest BCUT2D eigenvalue weighted by Gasteiger charge is 2.35. The maximum atomic E-state index is 13.4. The number of ether oxygens (including phenoxy) is 1. The third-order valence-electron chi connectivity index (χ3n) is 5.28. The summed E-state index contributed by atoms with van der Waals surface area (Å²) in [6.45, 7) is 8.11. The molecule has 1 aromatic heterocycles. The Morgan fingerprint density at radius 2 is 1.92 bits per heavy atom. The summed E-state index contributed by atoms with van der Waals surface area (Å²) in [5, 5.41) is 4.55. The van der Waals surface area contributed by atoms with Crippen molar-refractivity contribution in [2.24, 2.45) is 0 Å². The molecule has 1 aromatic carbocycles. The average Bonchev–Trinajstić information content (AvgIpc) is 3.18. The van der Waals surface area contributed by atoms with E-state index in [0.29, 0.717) is 29.5 Å². The number of benzene rings is 1. The molecule has 2 aliphatic rings. The van der Waals surface area contributed by atoms with Crippen molar-refractivity contribution in [2.45, 2.75) is 31.8 Å². The second-order valence-electron chi connectivity index (χ2n) is 6.98. The third-order valence-corrected chi connectivity index (χ3v) is 7.35. The smallest absolute Gasteiger partial charge is 0.268 e. The van der Waals surface area contributed by atoms with E-state index in [1.165, 1.54) is 9.21 Å². The lowest BCUT2D eigenvalue weighted by atomic mass is 10.2. The van der Waals surface area contributed by atoms with Crippen LogP contribution in [0.2, 0.25) is 0 Å². The van der Waals surface area contributed by atoms with Gasteiger partial charge in [0.2, 0.25) is 0 Å². The number of aryl methyl sites for hydroxylation is 1. The van der Waals surface area contributed by atoms with Gasteiger partial charge in [0.05, 0.1) is 30.3 Å². The zero-order valence-electron chi connectivity index (χ0n) is 15.2. The number of nitrogens with zero attached hydrogens (tertiary/aromatic N) is 3. The van der Waals surface area contributed by atoms with Crippen LogP contribution in [0, 0.1) is 13.8 Å². The van der Waals surface area contributed by atoms with Crippen molar-refractivity contribution in [1.29, 1.82) is 0 Å². The Labute approximate surface area is 154 Å². The summed E-state index contributed by atoms with van der Waals surface area (Å²) >= 11 is 0. The van der Waals surface area contributed by atoms with Crippen molar-refractivity contribution in [3.63, 3.8) is 0 Å². The molecular formula is C18H25N4O3S+. The number of morpholine rings is 1. The van der Waals surface area contributed by atoms with E-state index in [9.17, 15) is 8.42 Å². The Bertz CT molecular complexity index is 917. The summed E-state index contributed by atoms with van der Waals surface area (Å²) in [6, 6.07) is 7.72. The number of aromatic nitrogens is 2. The molecule has 0 saturated carbocycles. The van der Waals surface area contributed by atoms with E-state index in [1.54, 1.807) is 6.92 Å². The number of para-hydroxylation sites is 1. The number of hydrogen-bond donors (Lipinski definition) is 1. The number of fused-ring (bicyclic) bond motifs is 1. The molecule has 0 radical (unpaired) electrons. The van der Waals surface area contributed by atoms with Crippen LogP contribution in [0.1, 0.15) is 17.0 Å². The van der Waals surface area contributed by atoms with Gasteiger partial charge in [0.1, 0.15) is 18.0 Å². The molecule has 26 heavy (non-hydrogen) atoms. The van der Waals surface area contributed by atoms with E-state index in [4.69, 9.17) is 4.74 Å². The first-order valence-corrected chi connectivity index (χ1v) is 10.5. The van der Waals surface area contributed by atoms with Gasteiger partial charge in [-0.1, -0.05) is 18.2 Å². The van der Waals surface area contributed by atoms with E-state index in [0.717, 1.165) is 44.0 Å². The molecule has 2 aromatic rings. The standard InChI is InChI=1S/C18H24N4O3S/c1-14-18(15(2)21(19-14)13-20-9-11-25-12-10-20)26(23,24)22-8-7-16-5-3-4-6-17(16)22/h3-6H,7-13H2,1-2H3/p+1. The van der Waals surface area contributed by atoms with Crippen LogP contribution in [0.3, 0.4) is 0 Å². The molecule has 0 amide bonds. The van der Waals surface area contributed by atoms with Gasteiger partial charge in [-0.2, -0.15) is 5.10 Å². The van der Waals surface area contributed by atoms with Crippen molar-refractivity contribution in [3.05, 3.63) is 41.2 Å².